The molecule has 0 saturated heterocycles. The average Bonchev–Trinajstić information content (AvgIpc) is 2.48. The van der Waals surface area contributed by atoms with Crippen molar-refractivity contribution in [1.29, 1.82) is 0 Å². The van der Waals surface area contributed by atoms with Crippen molar-refractivity contribution in [3.8, 4) is 5.75 Å². The Bertz CT molecular complexity index is 713. The second kappa shape index (κ2) is 6.07. The van der Waals surface area contributed by atoms with Crippen molar-refractivity contribution in [3.05, 3.63) is 56.4 Å². The molecule has 0 atom stereocenters. The molecule has 2 rings (SSSR count). The van der Waals surface area contributed by atoms with E-state index in [0.29, 0.717) is 11.3 Å². The smallest absolute Gasteiger partial charge is 0.287 e. The summed E-state index contributed by atoms with van der Waals surface area (Å²) in [6.07, 6.45) is 1.23. The number of carbonyl (C=O) groups is 1. The van der Waals surface area contributed by atoms with E-state index in [1.807, 2.05) is 0 Å². The molecule has 104 valence electrons. The maximum atomic E-state index is 12.1. The first-order chi connectivity index (χ1) is 9.52. The van der Waals surface area contributed by atoms with Crippen LogP contribution >= 0.6 is 23.2 Å². The molecule has 7 heteroatoms. The average molecular weight is 313 g/mol. The molecule has 0 spiro atoms. The number of Topliss-reactive ketones (excluding diaryl/α,β-unsaturated/α-hetero) is 1. The fraction of sp³-hybridized carbons (Fsp3) is 0.154. The molecular weight excluding hydrogens is 303 g/mol. The molecule has 0 aliphatic rings. The number of nitrogens with zero attached hydrogens (tertiary/aromatic N) is 2. The van der Waals surface area contributed by atoms with Crippen LogP contribution in [-0.4, -0.2) is 22.7 Å². The van der Waals surface area contributed by atoms with E-state index in [4.69, 9.17) is 27.9 Å². The third kappa shape index (κ3) is 3.00. The lowest BCUT2D eigenvalue weighted by Gasteiger charge is -2.06. The second-order valence-electron chi connectivity index (χ2n) is 3.92. The lowest BCUT2D eigenvalue weighted by molar-refractivity contribution is 0.0965. The number of halogens is 2. The minimum Gasteiger partial charge on any atom is -0.497 e. The number of methoxy groups -OCH3 is 1. The number of hydrogen-bond donors (Lipinski definition) is 0. The van der Waals surface area contributed by atoms with Crippen LogP contribution in [0.4, 0.5) is 0 Å². The van der Waals surface area contributed by atoms with Gasteiger partial charge in [-0.2, -0.15) is 5.10 Å². The van der Waals surface area contributed by atoms with Crippen LogP contribution in [-0.2, 0) is 6.54 Å². The minimum atomic E-state index is -0.601. The topological polar surface area (TPSA) is 61.2 Å². The molecule has 0 bridgehead atoms. The van der Waals surface area contributed by atoms with Gasteiger partial charge in [-0.15, -0.1) is 0 Å². The van der Waals surface area contributed by atoms with Gasteiger partial charge in [0.15, 0.2) is 5.78 Å². The molecule has 2 aromatic rings. The maximum Gasteiger partial charge on any atom is 0.287 e. The molecule has 0 aliphatic carbocycles. The normalized spacial score (nSPS) is 10.3. The first-order valence-corrected chi connectivity index (χ1v) is 6.37. The van der Waals surface area contributed by atoms with Gasteiger partial charge in [0.1, 0.15) is 17.3 Å². The van der Waals surface area contributed by atoms with Gasteiger partial charge in [0.2, 0.25) is 0 Å². The summed E-state index contributed by atoms with van der Waals surface area (Å²) in [6.45, 7) is -0.219. The second-order valence-corrected chi connectivity index (χ2v) is 4.71. The first-order valence-electron chi connectivity index (χ1n) is 5.61. The minimum absolute atomic E-state index is 0.0572. The number of rotatable bonds is 4. The SMILES string of the molecule is COc1cccc(C(=O)Cn2ncc(Cl)c(Cl)c2=O)c1. The third-order valence-electron chi connectivity index (χ3n) is 2.63. The van der Waals surface area contributed by atoms with Crippen LogP contribution in [0.5, 0.6) is 5.75 Å². The van der Waals surface area contributed by atoms with Crippen LogP contribution in [0.1, 0.15) is 10.4 Å². The van der Waals surface area contributed by atoms with Gasteiger partial charge in [0, 0.05) is 5.56 Å². The molecule has 1 heterocycles. The van der Waals surface area contributed by atoms with Gasteiger partial charge in [-0.3, -0.25) is 9.59 Å². The number of benzene rings is 1. The highest BCUT2D eigenvalue weighted by atomic mass is 35.5. The monoisotopic (exact) mass is 312 g/mol. The van der Waals surface area contributed by atoms with E-state index in [1.54, 1.807) is 24.3 Å². The number of ketones is 1. The fourth-order valence-corrected chi connectivity index (χ4v) is 1.85. The Balaban J connectivity index is 2.28. The predicted octanol–water partition coefficient (Wildman–Crippen LogP) is 2.44. The lowest BCUT2D eigenvalue weighted by Crippen LogP contribution is -2.27. The lowest BCUT2D eigenvalue weighted by atomic mass is 10.1. The highest BCUT2D eigenvalue weighted by molar-refractivity contribution is 6.41. The van der Waals surface area contributed by atoms with Gasteiger partial charge in [-0.25, -0.2) is 4.68 Å². The zero-order valence-corrected chi connectivity index (χ0v) is 12.0. The fourth-order valence-electron chi connectivity index (χ4n) is 1.58. The summed E-state index contributed by atoms with van der Waals surface area (Å²) >= 11 is 11.4. The van der Waals surface area contributed by atoms with Crippen molar-refractivity contribution in [3.63, 3.8) is 0 Å². The number of ether oxygens (including phenoxy) is 1. The molecule has 5 nitrogen and oxygen atoms in total. The van der Waals surface area contributed by atoms with E-state index in [-0.39, 0.29) is 22.4 Å². The van der Waals surface area contributed by atoms with Crippen LogP contribution < -0.4 is 10.3 Å². The van der Waals surface area contributed by atoms with Gasteiger partial charge in [0.25, 0.3) is 5.56 Å². The van der Waals surface area contributed by atoms with E-state index in [9.17, 15) is 9.59 Å². The molecule has 1 aromatic heterocycles. The van der Waals surface area contributed by atoms with Gasteiger partial charge in [0.05, 0.1) is 18.3 Å². The maximum absolute atomic E-state index is 12.1. The Hall–Kier alpha value is -1.85. The highest BCUT2D eigenvalue weighted by Crippen LogP contribution is 2.16. The zero-order valence-electron chi connectivity index (χ0n) is 10.5. The number of aromatic nitrogens is 2. The highest BCUT2D eigenvalue weighted by Gasteiger charge is 2.12. The third-order valence-corrected chi connectivity index (χ3v) is 3.38. The van der Waals surface area contributed by atoms with Crippen molar-refractivity contribution in [2.24, 2.45) is 0 Å². The van der Waals surface area contributed by atoms with Crippen LogP contribution in [0.2, 0.25) is 10.0 Å². The van der Waals surface area contributed by atoms with E-state index in [1.165, 1.54) is 13.3 Å². The Labute approximate surface area is 124 Å². The number of hydrogen-bond acceptors (Lipinski definition) is 4. The Morgan fingerprint density at radius 3 is 2.85 bits per heavy atom. The summed E-state index contributed by atoms with van der Waals surface area (Å²) in [7, 11) is 1.51. The molecule has 0 N–H and O–H groups in total. The molecular formula is C13H10Cl2N2O3. The van der Waals surface area contributed by atoms with Crippen molar-refractivity contribution in [2.45, 2.75) is 6.54 Å². The van der Waals surface area contributed by atoms with Gasteiger partial charge in [-0.1, -0.05) is 35.3 Å². The zero-order chi connectivity index (χ0) is 14.7. The Kier molecular flexibility index (Phi) is 4.42. The molecule has 20 heavy (non-hydrogen) atoms. The first kappa shape index (κ1) is 14.6. The molecule has 0 saturated carbocycles. The summed E-state index contributed by atoms with van der Waals surface area (Å²) in [4.78, 5) is 23.9. The van der Waals surface area contributed by atoms with E-state index >= 15 is 0 Å². The summed E-state index contributed by atoms with van der Waals surface area (Å²) in [6, 6.07) is 6.63. The molecule has 0 radical (unpaired) electrons. The van der Waals surface area contributed by atoms with Crippen LogP contribution in [0.3, 0.4) is 0 Å². The van der Waals surface area contributed by atoms with Gasteiger partial charge in [-0.05, 0) is 12.1 Å². The quantitative estimate of drug-likeness (QED) is 0.814. The summed E-state index contributed by atoms with van der Waals surface area (Å²) in [5, 5.41) is 3.69. The van der Waals surface area contributed by atoms with Crippen LogP contribution in [0, 0.1) is 0 Å². The molecule has 0 fully saturated rings. The van der Waals surface area contributed by atoms with E-state index in [0.717, 1.165) is 4.68 Å². The van der Waals surface area contributed by atoms with E-state index < -0.39 is 5.56 Å². The largest absolute Gasteiger partial charge is 0.497 e. The Morgan fingerprint density at radius 2 is 2.15 bits per heavy atom. The molecule has 0 unspecified atom stereocenters. The van der Waals surface area contributed by atoms with Crippen molar-refractivity contribution in [2.75, 3.05) is 7.11 Å². The standard InChI is InChI=1S/C13H10Cl2N2O3/c1-20-9-4-2-3-8(5-9)11(18)7-17-13(19)12(15)10(14)6-16-17/h2-6H,7H2,1H3. The predicted molar refractivity (Wildman–Crippen MR) is 75.8 cm³/mol. The van der Waals surface area contributed by atoms with E-state index in [2.05, 4.69) is 5.10 Å². The van der Waals surface area contributed by atoms with Crippen molar-refractivity contribution < 1.29 is 9.53 Å². The molecule has 1 aromatic carbocycles. The summed E-state index contributed by atoms with van der Waals surface area (Å²) in [5.74, 6) is 0.280. The summed E-state index contributed by atoms with van der Waals surface area (Å²) < 4.78 is 6.01. The van der Waals surface area contributed by atoms with Gasteiger partial charge >= 0.3 is 0 Å². The van der Waals surface area contributed by atoms with Crippen LogP contribution in [0.25, 0.3) is 0 Å². The number of carbonyl (C=O) groups excluding carboxylic acids is 1. The Morgan fingerprint density at radius 1 is 1.40 bits per heavy atom. The summed E-state index contributed by atoms with van der Waals surface area (Å²) in [5.41, 5.74) is -0.181. The van der Waals surface area contributed by atoms with Crippen molar-refractivity contribution in [1.82, 2.24) is 9.78 Å². The van der Waals surface area contributed by atoms with Crippen molar-refractivity contribution >= 4 is 29.0 Å². The molecule has 0 amide bonds. The molecule has 0 aliphatic heterocycles. The van der Waals surface area contributed by atoms with Gasteiger partial charge < -0.3 is 4.74 Å². The van der Waals surface area contributed by atoms with Crippen LogP contribution in [0.15, 0.2) is 35.3 Å².